The van der Waals surface area contributed by atoms with Crippen molar-refractivity contribution in [1.82, 2.24) is 4.90 Å². The van der Waals surface area contributed by atoms with E-state index in [4.69, 9.17) is 9.47 Å². The molecule has 6 heteroatoms. The Balaban J connectivity index is 2.14. The van der Waals surface area contributed by atoms with Crippen LogP contribution in [0.5, 0.6) is 0 Å². The van der Waals surface area contributed by atoms with Gasteiger partial charge in [-0.05, 0) is 37.7 Å². The van der Waals surface area contributed by atoms with E-state index in [9.17, 15) is 14.4 Å². The summed E-state index contributed by atoms with van der Waals surface area (Å²) in [6.07, 6.45) is 6.22. The number of nitrogens with zero attached hydrogens (tertiary/aromatic N) is 1. The van der Waals surface area contributed by atoms with E-state index in [2.05, 4.69) is 6.58 Å². The van der Waals surface area contributed by atoms with Crippen LogP contribution in [0.3, 0.4) is 0 Å². The number of amides is 2. The molecule has 144 valence electrons. The highest BCUT2D eigenvalue weighted by atomic mass is 16.6. The van der Waals surface area contributed by atoms with Crippen LogP contribution in [0.2, 0.25) is 0 Å². The predicted molar refractivity (Wildman–Crippen MR) is 101 cm³/mol. The Hall–Kier alpha value is -2.89. The van der Waals surface area contributed by atoms with E-state index in [1.54, 1.807) is 6.08 Å². The first-order chi connectivity index (χ1) is 13.1. The maximum Gasteiger partial charge on any atom is 0.417 e. The van der Waals surface area contributed by atoms with E-state index in [0.717, 1.165) is 29.7 Å². The van der Waals surface area contributed by atoms with Gasteiger partial charge in [-0.25, -0.2) is 14.5 Å². The number of allylic oxidation sites excluding steroid dienone is 2. The molecule has 27 heavy (non-hydrogen) atoms. The second-order valence-electron chi connectivity index (χ2n) is 6.28. The van der Waals surface area contributed by atoms with Crippen LogP contribution in [0.4, 0.5) is 4.79 Å². The zero-order chi connectivity index (χ0) is 19.6. The van der Waals surface area contributed by atoms with E-state index in [1.165, 1.54) is 7.11 Å². The number of esters is 1. The minimum atomic E-state index is -0.748. The van der Waals surface area contributed by atoms with E-state index >= 15 is 0 Å². The normalized spacial score (nSPS) is 16.8. The molecule has 1 saturated heterocycles. The topological polar surface area (TPSA) is 72.9 Å². The Bertz CT molecular complexity index is 711. The molecule has 0 aliphatic carbocycles. The van der Waals surface area contributed by atoms with Crippen LogP contribution >= 0.6 is 0 Å². The highest BCUT2D eigenvalue weighted by Crippen LogP contribution is 2.21. The zero-order valence-electron chi connectivity index (χ0n) is 15.6. The molecule has 1 aromatic carbocycles. The summed E-state index contributed by atoms with van der Waals surface area (Å²) < 4.78 is 9.81. The molecule has 6 nitrogen and oxygen atoms in total. The van der Waals surface area contributed by atoms with Crippen LogP contribution in [-0.2, 0) is 25.5 Å². The summed E-state index contributed by atoms with van der Waals surface area (Å²) in [5.74, 6) is -1.42. The minimum Gasteiger partial charge on any atom is -0.465 e. The maximum absolute atomic E-state index is 12.9. The molecule has 1 atom stereocenters. The van der Waals surface area contributed by atoms with Crippen molar-refractivity contribution in [3.05, 3.63) is 60.2 Å². The quantitative estimate of drug-likeness (QED) is 0.166. The maximum atomic E-state index is 12.9. The van der Waals surface area contributed by atoms with Gasteiger partial charge in [0.1, 0.15) is 12.2 Å². The number of methoxy groups -OCH3 is 1. The number of rotatable bonds is 9. The van der Waals surface area contributed by atoms with Gasteiger partial charge in [-0.15, -0.1) is 6.58 Å². The fourth-order valence-electron chi connectivity index (χ4n) is 2.92. The lowest BCUT2D eigenvalue weighted by atomic mass is 10.0. The molecule has 0 aromatic heterocycles. The Morgan fingerprint density at radius 1 is 1.26 bits per heavy atom. The SMILES string of the molecule is C=CCCCC/C=C(/C(=O)OC)C(=O)N1C(=O)OC[C@@H]1Cc1ccccc1. The van der Waals surface area contributed by atoms with Gasteiger partial charge >= 0.3 is 12.1 Å². The Morgan fingerprint density at radius 2 is 1.96 bits per heavy atom. The van der Waals surface area contributed by atoms with Gasteiger partial charge in [0.25, 0.3) is 5.91 Å². The third-order valence-corrected chi connectivity index (χ3v) is 4.34. The smallest absolute Gasteiger partial charge is 0.417 e. The summed E-state index contributed by atoms with van der Waals surface area (Å²) in [5, 5.41) is 0. The number of ether oxygens (including phenoxy) is 2. The van der Waals surface area contributed by atoms with Crippen molar-refractivity contribution in [2.75, 3.05) is 13.7 Å². The molecule has 1 aromatic rings. The van der Waals surface area contributed by atoms with Crippen molar-refractivity contribution in [2.45, 2.75) is 38.1 Å². The summed E-state index contributed by atoms with van der Waals surface area (Å²) in [7, 11) is 1.21. The highest BCUT2D eigenvalue weighted by Gasteiger charge is 2.40. The first-order valence-corrected chi connectivity index (χ1v) is 9.02. The third-order valence-electron chi connectivity index (χ3n) is 4.34. The second kappa shape index (κ2) is 10.3. The van der Waals surface area contributed by atoms with Crippen molar-refractivity contribution < 1.29 is 23.9 Å². The largest absolute Gasteiger partial charge is 0.465 e. The molecule has 1 heterocycles. The van der Waals surface area contributed by atoms with Crippen LogP contribution in [0.25, 0.3) is 0 Å². The number of hydrogen-bond donors (Lipinski definition) is 0. The lowest BCUT2D eigenvalue weighted by Crippen LogP contribution is -2.42. The zero-order valence-corrected chi connectivity index (χ0v) is 15.6. The Morgan fingerprint density at radius 3 is 2.63 bits per heavy atom. The van der Waals surface area contributed by atoms with Crippen molar-refractivity contribution in [3.8, 4) is 0 Å². The van der Waals surface area contributed by atoms with Gasteiger partial charge in [0.05, 0.1) is 13.2 Å². The molecule has 2 rings (SSSR count). The van der Waals surface area contributed by atoms with Gasteiger partial charge in [0.15, 0.2) is 0 Å². The van der Waals surface area contributed by atoms with Crippen LogP contribution in [-0.4, -0.2) is 42.6 Å². The Kier molecular flexibility index (Phi) is 7.79. The highest BCUT2D eigenvalue weighted by molar-refractivity contribution is 6.19. The van der Waals surface area contributed by atoms with E-state index in [0.29, 0.717) is 12.8 Å². The molecular weight excluding hydrogens is 346 g/mol. The fourth-order valence-corrected chi connectivity index (χ4v) is 2.92. The number of benzene rings is 1. The molecule has 1 fully saturated rings. The Labute approximate surface area is 159 Å². The van der Waals surface area contributed by atoms with Crippen LogP contribution < -0.4 is 0 Å². The number of imide groups is 1. The van der Waals surface area contributed by atoms with Gasteiger partial charge in [-0.2, -0.15) is 0 Å². The summed E-state index contributed by atoms with van der Waals surface area (Å²) in [5.41, 5.74) is 0.847. The van der Waals surface area contributed by atoms with Crippen molar-refractivity contribution >= 4 is 18.0 Å². The van der Waals surface area contributed by atoms with Crippen LogP contribution in [0.15, 0.2) is 54.6 Å². The average Bonchev–Trinajstić information content (AvgIpc) is 3.04. The molecule has 1 aliphatic heterocycles. The van der Waals surface area contributed by atoms with Crippen LogP contribution in [0.1, 0.15) is 31.2 Å². The number of unbranched alkanes of at least 4 members (excludes halogenated alkanes) is 3. The van der Waals surface area contributed by atoms with Crippen LogP contribution in [0, 0.1) is 0 Å². The molecule has 1 aliphatic rings. The van der Waals surface area contributed by atoms with Crippen molar-refractivity contribution in [3.63, 3.8) is 0 Å². The standard InChI is InChI=1S/C21H25NO5/c1-3-4-5-6-10-13-18(20(24)26-2)19(23)22-17(15-27-21(22)25)14-16-11-8-7-9-12-16/h3,7-9,11-13,17H,1,4-6,10,14-15H2,2H3/b18-13+/t17-/m0/s1. The minimum absolute atomic E-state index is 0.104. The van der Waals surface area contributed by atoms with Crippen molar-refractivity contribution in [2.24, 2.45) is 0 Å². The molecule has 2 amide bonds. The molecule has 0 saturated carbocycles. The molecule has 0 unspecified atom stereocenters. The van der Waals surface area contributed by atoms with Gasteiger partial charge in [-0.3, -0.25) is 4.79 Å². The first-order valence-electron chi connectivity index (χ1n) is 9.02. The van der Waals surface area contributed by atoms with Gasteiger partial charge in [0, 0.05) is 0 Å². The molecule has 0 spiro atoms. The number of carbonyl (C=O) groups is 3. The average molecular weight is 371 g/mol. The molecule has 0 radical (unpaired) electrons. The predicted octanol–water partition coefficient (Wildman–Crippen LogP) is 3.42. The first kappa shape index (κ1) is 20.4. The summed E-state index contributed by atoms with van der Waals surface area (Å²) in [6.45, 7) is 3.77. The lowest BCUT2D eigenvalue weighted by molar-refractivity contribution is -0.139. The summed E-state index contributed by atoms with van der Waals surface area (Å²) in [6, 6.07) is 9.06. The number of carbonyl (C=O) groups excluding carboxylic acids is 3. The second-order valence-corrected chi connectivity index (χ2v) is 6.28. The van der Waals surface area contributed by atoms with E-state index < -0.39 is 24.0 Å². The van der Waals surface area contributed by atoms with Gasteiger partial charge in [-0.1, -0.05) is 42.5 Å². The molecular formula is C21H25NO5. The van der Waals surface area contributed by atoms with E-state index in [-0.39, 0.29) is 12.2 Å². The number of hydrogen-bond acceptors (Lipinski definition) is 5. The summed E-state index contributed by atoms with van der Waals surface area (Å²) in [4.78, 5) is 38.2. The third kappa shape index (κ3) is 5.54. The van der Waals surface area contributed by atoms with Gasteiger partial charge < -0.3 is 9.47 Å². The van der Waals surface area contributed by atoms with E-state index in [1.807, 2.05) is 36.4 Å². The monoisotopic (exact) mass is 371 g/mol. The molecule has 0 N–H and O–H groups in total. The lowest BCUT2D eigenvalue weighted by Gasteiger charge is -2.20. The van der Waals surface area contributed by atoms with Crippen molar-refractivity contribution in [1.29, 1.82) is 0 Å². The summed E-state index contributed by atoms with van der Waals surface area (Å²) >= 11 is 0. The molecule has 0 bridgehead atoms. The fraction of sp³-hybridized carbons (Fsp3) is 0.381. The van der Waals surface area contributed by atoms with Gasteiger partial charge in [0.2, 0.25) is 0 Å². The number of cyclic esters (lactones) is 1.